The van der Waals surface area contributed by atoms with Gasteiger partial charge in [-0.1, -0.05) is 52.7 Å². The molecule has 1 saturated carbocycles. The highest BCUT2D eigenvalue weighted by Gasteiger charge is 2.30. The summed E-state index contributed by atoms with van der Waals surface area (Å²) in [6.45, 7) is 10.7. The van der Waals surface area contributed by atoms with Gasteiger partial charge in [-0.05, 0) is 42.4 Å². The molecule has 4 rings (SSSR count). The topological polar surface area (TPSA) is 118 Å². The molecule has 1 fully saturated rings. The molecule has 2 unspecified atom stereocenters. The smallest absolute Gasteiger partial charge is 0.248 e. The molecular formula is C31H42N6O3S. The summed E-state index contributed by atoms with van der Waals surface area (Å²) in [5, 5.41) is 9.90. The predicted octanol–water partition coefficient (Wildman–Crippen LogP) is 4.49. The Morgan fingerprint density at radius 1 is 1.15 bits per heavy atom. The maximum absolute atomic E-state index is 13.7. The van der Waals surface area contributed by atoms with Gasteiger partial charge < -0.3 is 20.5 Å². The number of nitrogens with zero attached hydrogens (tertiary/aromatic N) is 3. The van der Waals surface area contributed by atoms with E-state index in [0.717, 1.165) is 40.9 Å². The first-order chi connectivity index (χ1) is 19.7. The van der Waals surface area contributed by atoms with Crippen LogP contribution in [0, 0.1) is 5.92 Å². The number of benzene rings is 1. The van der Waals surface area contributed by atoms with Crippen molar-refractivity contribution in [1.82, 2.24) is 30.5 Å². The van der Waals surface area contributed by atoms with Crippen LogP contribution in [0.3, 0.4) is 0 Å². The van der Waals surface area contributed by atoms with Gasteiger partial charge in [0.05, 0.1) is 28.1 Å². The minimum atomic E-state index is -0.759. The summed E-state index contributed by atoms with van der Waals surface area (Å²) >= 11 is 1.56. The second kappa shape index (κ2) is 14.4. The maximum Gasteiger partial charge on any atom is 0.248 e. The maximum atomic E-state index is 13.7. The van der Waals surface area contributed by atoms with Crippen LogP contribution in [0.5, 0.6) is 0 Å². The lowest BCUT2D eigenvalue weighted by atomic mass is 9.83. The quantitative estimate of drug-likeness (QED) is 0.258. The first-order valence-electron chi connectivity index (χ1n) is 14.6. The molecule has 1 aromatic carbocycles. The first kappa shape index (κ1) is 30.4. The number of imidazole rings is 1. The van der Waals surface area contributed by atoms with Crippen molar-refractivity contribution >= 4 is 39.3 Å². The molecule has 1 aliphatic carbocycles. The molecule has 2 atom stereocenters. The zero-order valence-corrected chi connectivity index (χ0v) is 25.1. The Bertz CT molecular complexity index is 1340. The Balaban J connectivity index is 1.46. The molecule has 0 saturated heterocycles. The lowest BCUT2D eigenvalue weighted by Gasteiger charge is -2.32. The monoisotopic (exact) mass is 578 g/mol. The highest BCUT2D eigenvalue weighted by Crippen LogP contribution is 2.28. The molecule has 2 aromatic heterocycles. The number of thiazole rings is 1. The molecule has 1 aliphatic rings. The SMILES string of the molecule is C=C(Cn1ccnc1)C(=O)NCC(NC(=O)C(Cc1nc2ccc(C(C)C)cc2s1)NC(=O)CC)C1CCCCC1. The number of hydrogen-bond donors (Lipinski definition) is 3. The van der Waals surface area contributed by atoms with Gasteiger partial charge in [0.1, 0.15) is 6.04 Å². The fraction of sp³-hybridized carbons (Fsp3) is 0.516. The number of carbonyl (C=O) groups excluding carboxylic acids is 3. The fourth-order valence-electron chi connectivity index (χ4n) is 5.27. The highest BCUT2D eigenvalue weighted by atomic mass is 32.1. The molecule has 9 nitrogen and oxygen atoms in total. The zero-order chi connectivity index (χ0) is 29.4. The van der Waals surface area contributed by atoms with E-state index in [2.05, 4.69) is 53.5 Å². The van der Waals surface area contributed by atoms with E-state index < -0.39 is 6.04 Å². The summed E-state index contributed by atoms with van der Waals surface area (Å²) in [5.74, 6) is -0.0375. The van der Waals surface area contributed by atoms with Crippen molar-refractivity contribution in [3.05, 3.63) is 59.6 Å². The number of rotatable bonds is 13. The molecule has 2 heterocycles. The second-order valence-corrected chi connectivity index (χ2v) is 12.3. The van der Waals surface area contributed by atoms with Crippen molar-refractivity contribution in [2.75, 3.05) is 6.54 Å². The molecule has 0 bridgehead atoms. The molecule has 10 heteroatoms. The summed E-state index contributed by atoms with van der Waals surface area (Å²) in [4.78, 5) is 47.7. The molecule has 0 aliphatic heterocycles. The standard InChI is InChI=1S/C31H42N6O3S/c1-5-28(38)34-25(16-29-35-24-12-11-23(20(2)3)15-27(24)41-29)31(40)36-26(22-9-7-6-8-10-22)17-33-30(39)21(4)18-37-14-13-32-19-37/h11-15,19-20,22,25-26H,4-10,16-18H2,1-3H3,(H,33,39)(H,34,38)(H,36,40). The molecule has 0 spiro atoms. The van der Waals surface area contributed by atoms with E-state index in [1.54, 1.807) is 41.5 Å². The van der Waals surface area contributed by atoms with Crippen LogP contribution in [-0.2, 0) is 27.3 Å². The Hall–Kier alpha value is -3.53. The van der Waals surface area contributed by atoms with E-state index in [1.165, 1.54) is 12.0 Å². The summed E-state index contributed by atoms with van der Waals surface area (Å²) in [6, 6.07) is 5.26. The van der Waals surface area contributed by atoms with Gasteiger partial charge in [-0.3, -0.25) is 14.4 Å². The van der Waals surface area contributed by atoms with Gasteiger partial charge in [-0.25, -0.2) is 9.97 Å². The molecule has 41 heavy (non-hydrogen) atoms. The minimum absolute atomic E-state index is 0.188. The van der Waals surface area contributed by atoms with Crippen LogP contribution < -0.4 is 16.0 Å². The third kappa shape index (κ3) is 8.48. The lowest BCUT2D eigenvalue weighted by Crippen LogP contribution is -2.55. The van der Waals surface area contributed by atoms with E-state index in [-0.39, 0.29) is 36.1 Å². The predicted molar refractivity (Wildman–Crippen MR) is 163 cm³/mol. The first-order valence-corrected chi connectivity index (χ1v) is 15.5. The van der Waals surface area contributed by atoms with E-state index in [1.807, 2.05) is 6.07 Å². The van der Waals surface area contributed by atoms with Gasteiger partial charge in [0.15, 0.2) is 0 Å². The number of aromatic nitrogens is 3. The number of carbonyl (C=O) groups is 3. The highest BCUT2D eigenvalue weighted by molar-refractivity contribution is 7.18. The molecular weight excluding hydrogens is 536 g/mol. The van der Waals surface area contributed by atoms with E-state index in [4.69, 9.17) is 4.98 Å². The van der Waals surface area contributed by atoms with Gasteiger partial charge in [0.25, 0.3) is 0 Å². The van der Waals surface area contributed by atoms with Crippen molar-refractivity contribution in [1.29, 1.82) is 0 Å². The largest absolute Gasteiger partial charge is 0.350 e. The van der Waals surface area contributed by atoms with Crippen LogP contribution in [0.1, 0.15) is 75.8 Å². The van der Waals surface area contributed by atoms with E-state index in [9.17, 15) is 14.4 Å². The normalized spacial score (nSPS) is 15.4. The van der Waals surface area contributed by atoms with E-state index >= 15 is 0 Å². The number of hydrogen-bond acceptors (Lipinski definition) is 6. The third-order valence-electron chi connectivity index (χ3n) is 7.76. The van der Waals surface area contributed by atoms with Crippen molar-refractivity contribution in [2.24, 2.45) is 5.92 Å². The van der Waals surface area contributed by atoms with Gasteiger partial charge in [0.2, 0.25) is 17.7 Å². The molecule has 3 amide bonds. The molecule has 0 radical (unpaired) electrons. The Kier molecular flexibility index (Phi) is 10.7. The summed E-state index contributed by atoms with van der Waals surface area (Å²) in [5.41, 5.74) is 2.56. The Morgan fingerprint density at radius 3 is 2.61 bits per heavy atom. The summed E-state index contributed by atoms with van der Waals surface area (Å²) in [6.07, 6.45) is 11.0. The third-order valence-corrected chi connectivity index (χ3v) is 8.80. The molecule has 3 aromatic rings. The number of fused-ring (bicyclic) bond motifs is 1. The van der Waals surface area contributed by atoms with Crippen LogP contribution in [0.25, 0.3) is 10.2 Å². The van der Waals surface area contributed by atoms with Crippen molar-refractivity contribution in [2.45, 2.75) is 90.3 Å². The van der Waals surface area contributed by atoms with Gasteiger partial charge >= 0.3 is 0 Å². The van der Waals surface area contributed by atoms with Crippen LogP contribution in [0.4, 0.5) is 0 Å². The van der Waals surface area contributed by atoms with Crippen LogP contribution in [0.2, 0.25) is 0 Å². The van der Waals surface area contributed by atoms with Crippen molar-refractivity contribution in [3.63, 3.8) is 0 Å². The van der Waals surface area contributed by atoms with Gasteiger partial charge in [-0.2, -0.15) is 0 Å². The number of amides is 3. The van der Waals surface area contributed by atoms with Crippen molar-refractivity contribution in [3.8, 4) is 0 Å². The second-order valence-electron chi connectivity index (χ2n) is 11.2. The van der Waals surface area contributed by atoms with Crippen LogP contribution in [-0.4, -0.2) is 50.9 Å². The van der Waals surface area contributed by atoms with Gasteiger partial charge in [0, 0.05) is 43.4 Å². The Labute approximate surface area is 246 Å². The van der Waals surface area contributed by atoms with E-state index in [0.29, 0.717) is 31.0 Å². The zero-order valence-electron chi connectivity index (χ0n) is 24.3. The average Bonchev–Trinajstić information content (AvgIpc) is 3.63. The van der Waals surface area contributed by atoms with Crippen LogP contribution >= 0.6 is 11.3 Å². The number of nitrogens with one attached hydrogen (secondary N) is 3. The molecule has 220 valence electrons. The van der Waals surface area contributed by atoms with Crippen molar-refractivity contribution < 1.29 is 14.4 Å². The Morgan fingerprint density at radius 2 is 1.93 bits per heavy atom. The average molecular weight is 579 g/mol. The van der Waals surface area contributed by atoms with Gasteiger partial charge in [-0.15, -0.1) is 11.3 Å². The minimum Gasteiger partial charge on any atom is -0.350 e. The summed E-state index contributed by atoms with van der Waals surface area (Å²) in [7, 11) is 0. The summed E-state index contributed by atoms with van der Waals surface area (Å²) < 4.78 is 2.86. The lowest BCUT2D eigenvalue weighted by molar-refractivity contribution is -0.129. The molecule has 3 N–H and O–H groups in total. The fourth-order valence-corrected chi connectivity index (χ4v) is 6.33. The van der Waals surface area contributed by atoms with Crippen LogP contribution in [0.15, 0.2) is 49.1 Å².